The van der Waals surface area contributed by atoms with Gasteiger partial charge in [-0.1, -0.05) is 13.3 Å². The normalized spacial score (nSPS) is 10.3. The van der Waals surface area contributed by atoms with Crippen LogP contribution in [0.3, 0.4) is 0 Å². The van der Waals surface area contributed by atoms with E-state index < -0.39 is 0 Å². The van der Waals surface area contributed by atoms with E-state index in [-0.39, 0.29) is 11.8 Å². The maximum absolute atomic E-state index is 12.1. The van der Waals surface area contributed by atoms with Gasteiger partial charge in [0.15, 0.2) is 0 Å². The monoisotopic (exact) mass is 301 g/mol. The van der Waals surface area contributed by atoms with Crippen LogP contribution in [-0.4, -0.2) is 26.6 Å². The maximum Gasteiger partial charge on any atom is 0.258 e. The highest BCUT2D eigenvalue weighted by molar-refractivity contribution is 6.06. The van der Waals surface area contributed by atoms with Crippen LogP contribution in [0.25, 0.3) is 0 Å². The van der Waals surface area contributed by atoms with Crippen LogP contribution in [0.15, 0.2) is 30.9 Å². The fourth-order valence-electron chi connectivity index (χ4n) is 1.89. The molecule has 116 valence electrons. The van der Waals surface area contributed by atoms with Crippen molar-refractivity contribution in [2.75, 3.05) is 10.6 Å². The van der Waals surface area contributed by atoms with Gasteiger partial charge >= 0.3 is 0 Å². The minimum atomic E-state index is -0.289. The van der Waals surface area contributed by atoms with Crippen LogP contribution < -0.4 is 10.6 Å². The van der Waals surface area contributed by atoms with E-state index in [1.54, 1.807) is 30.2 Å². The molecule has 0 aliphatic rings. The molecular formula is C15H19N5O2. The molecule has 2 heterocycles. The van der Waals surface area contributed by atoms with Gasteiger partial charge in [-0.15, -0.1) is 0 Å². The number of pyridine rings is 1. The first-order chi connectivity index (χ1) is 10.6. The zero-order valence-electron chi connectivity index (χ0n) is 12.7. The lowest BCUT2D eigenvalue weighted by Crippen LogP contribution is -2.16. The number of nitrogens with one attached hydrogen (secondary N) is 2. The summed E-state index contributed by atoms with van der Waals surface area (Å²) in [6.07, 6.45) is 8.39. The van der Waals surface area contributed by atoms with Crippen LogP contribution in [0.4, 0.5) is 11.4 Å². The number of aryl methyl sites for hydroxylation is 1. The number of carbonyl (C=O) groups is 2. The molecule has 2 aromatic rings. The average Bonchev–Trinajstić information content (AvgIpc) is 2.94. The predicted molar refractivity (Wildman–Crippen MR) is 83.6 cm³/mol. The molecule has 0 radical (unpaired) electrons. The van der Waals surface area contributed by atoms with Gasteiger partial charge in [-0.3, -0.25) is 19.3 Å². The second-order valence-corrected chi connectivity index (χ2v) is 4.93. The number of nitrogens with zero attached hydrogens (tertiary/aromatic N) is 3. The van der Waals surface area contributed by atoms with Crippen LogP contribution in [0.5, 0.6) is 0 Å². The Bertz CT molecular complexity index is 665. The van der Waals surface area contributed by atoms with E-state index in [1.165, 1.54) is 12.4 Å². The molecule has 22 heavy (non-hydrogen) atoms. The summed E-state index contributed by atoms with van der Waals surface area (Å²) < 4.78 is 1.55. The molecule has 7 heteroatoms. The SMILES string of the molecule is CCCCC(=O)Nc1cnccc1NC(=O)c1cnn(C)c1. The first-order valence-corrected chi connectivity index (χ1v) is 7.14. The summed E-state index contributed by atoms with van der Waals surface area (Å²) in [6, 6.07) is 1.64. The van der Waals surface area contributed by atoms with E-state index in [4.69, 9.17) is 0 Å². The average molecular weight is 301 g/mol. The van der Waals surface area contributed by atoms with E-state index in [1.807, 2.05) is 6.92 Å². The van der Waals surface area contributed by atoms with Crippen molar-refractivity contribution in [1.82, 2.24) is 14.8 Å². The van der Waals surface area contributed by atoms with Gasteiger partial charge in [-0.05, 0) is 12.5 Å². The molecule has 0 aliphatic carbocycles. The Kier molecular flexibility index (Phi) is 5.24. The Balaban J connectivity index is 2.08. The minimum absolute atomic E-state index is 0.0910. The molecule has 2 N–H and O–H groups in total. The molecule has 2 rings (SSSR count). The summed E-state index contributed by atoms with van der Waals surface area (Å²) in [4.78, 5) is 27.9. The van der Waals surface area contributed by atoms with Crippen molar-refractivity contribution in [1.29, 1.82) is 0 Å². The molecule has 0 bridgehead atoms. The highest BCUT2D eigenvalue weighted by atomic mass is 16.2. The second kappa shape index (κ2) is 7.35. The van der Waals surface area contributed by atoms with Gasteiger partial charge < -0.3 is 10.6 Å². The summed E-state index contributed by atoms with van der Waals surface area (Å²) in [5, 5.41) is 9.48. The molecule has 7 nitrogen and oxygen atoms in total. The summed E-state index contributed by atoms with van der Waals surface area (Å²) in [7, 11) is 1.74. The Hall–Kier alpha value is -2.70. The molecular weight excluding hydrogens is 282 g/mol. The Morgan fingerprint density at radius 2 is 2.05 bits per heavy atom. The number of carbonyl (C=O) groups excluding carboxylic acids is 2. The van der Waals surface area contributed by atoms with Gasteiger partial charge in [0.05, 0.1) is 29.3 Å². The number of hydrogen-bond acceptors (Lipinski definition) is 4. The molecule has 0 atom stereocenters. The third-order valence-corrected chi connectivity index (χ3v) is 3.07. The zero-order valence-corrected chi connectivity index (χ0v) is 12.7. The highest BCUT2D eigenvalue weighted by Gasteiger charge is 2.12. The molecule has 0 aromatic carbocycles. The van der Waals surface area contributed by atoms with E-state index >= 15 is 0 Å². The van der Waals surface area contributed by atoms with Crippen LogP contribution in [0.2, 0.25) is 0 Å². The van der Waals surface area contributed by atoms with Crippen molar-refractivity contribution < 1.29 is 9.59 Å². The Morgan fingerprint density at radius 1 is 1.23 bits per heavy atom. The van der Waals surface area contributed by atoms with Crippen molar-refractivity contribution in [3.05, 3.63) is 36.4 Å². The smallest absolute Gasteiger partial charge is 0.258 e. The third kappa shape index (κ3) is 4.15. The minimum Gasteiger partial charge on any atom is -0.323 e. The van der Waals surface area contributed by atoms with Crippen molar-refractivity contribution >= 4 is 23.2 Å². The van der Waals surface area contributed by atoms with Gasteiger partial charge in [0, 0.05) is 25.9 Å². The molecule has 2 aromatic heterocycles. The van der Waals surface area contributed by atoms with Crippen molar-refractivity contribution in [3.63, 3.8) is 0 Å². The fourth-order valence-corrected chi connectivity index (χ4v) is 1.89. The lowest BCUT2D eigenvalue weighted by Gasteiger charge is -2.11. The van der Waals surface area contributed by atoms with Crippen LogP contribution in [-0.2, 0) is 11.8 Å². The lowest BCUT2D eigenvalue weighted by atomic mass is 10.2. The quantitative estimate of drug-likeness (QED) is 0.856. The number of anilines is 2. The molecule has 2 amide bonds. The van der Waals surface area contributed by atoms with Crippen LogP contribution in [0, 0.1) is 0 Å². The topological polar surface area (TPSA) is 88.9 Å². The van der Waals surface area contributed by atoms with E-state index in [0.29, 0.717) is 23.4 Å². The van der Waals surface area contributed by atoms with Gasteiger partial charge in [0.1, 0.15) is 0 Å². The van der Waals surface area contributed by atoms with E-state index in [9.17, 15) is 9.59 Å². The van der Waals surface area contributed by atoms with E-state index in [2.05, 4.69) is 20.7 Å². The summed E-state index contributed by atoms with van der Waals surface area (Å²) in [6.45, 7) is 2.02. The van der Waals surface area contributed by atoms with Crippen molar-refractivity contribution in [3.8, 4) is 0 Å². The van der Waals surface area contributed by atoms with Crippen LogP contribution >= 0.6 is 0 Å². The molecule has 0 unspecified atom stereocenters. The molecule has 0 spiro atoms. The largest absolute Gasteiger partial charge is 0.323 e. The number of unbranched alkanes of at least 4 members (excludes halogenated alkanes) is 1. The lowest BCUT2D eigenvalue weighted by molar-refractivity contribution is -0.116. The molecule has 0 saturated heterocycles. The number of amides is 2. The van der Waals surface area contributed by atoms with Crippen LogP contribution in [0.1, 0.15) is 36.5 Å². The zero-order chi connectivity index (χ0) is 15.9. The first kappa shape index (κ1) is 15.7. The van der Waals surface area contributed by atoms with Gasteiger partial charge in [0.25, 0.3) is 5.91 Å². The molecule has 0 saturated carbocycles. The summed E-state index contributed by atoms with van der Waals surface area (Å²) in [5.41, 5.74) is 1.44. The maximum atomic E-state index is 12.1. The Labute approximate surface area is 128 Å². The standard InChI is InChI=1S/C15H19N5O2/c1-3-4-5-14(21)18-13-9-16-7-6-12(13)19-15(22)11-8-17-20(2)10-11/h6-10H,3-5H2,1-2H3,(H,18,21)(H,16,19,22). The number of aromatic nitrogens is 3. The third-order valence-electron chi connectivity index (χ3n) is 3.07. The van der Waals surface area contributed by atoms with Gasteiger partial charge in [-0.25, -0.2) is 0 Å². The first-order valence-electron chi connectivity index (χ1n) is 7.14. The summed E-state index contributed by atoms with van der Waals surface area (Å²) in [5.74, 6) is -0.380. The highest BCUT2D eigenvalue weighted by Crippen LogP contribution is 2.20. The van der Waals surface area contributed by atoms with Gasteiger partial charge in [-0.2, -0.15) is 5.10 Å². The van der Waals surface area contributed by atoms with Gasteiger partial charge in [0.2, 0.25) is 5.91 Å². The molecule has 0 aliphatic heterocycles. The summed E-state index contributed by atoms with van der Waals surface area (Å²) >= 11 is 0. The van der Waals surface area contributed by atoms with Crippen molar-refractivity contribution in [2.24, 2.45) is 7.05 Å². The number of rotatable bonds is 6. The number of hydrogen-bond donors (Lipinski definition) is 2. The molecule has 0 fully saturated rings. The fraction of sp³-hybridized carbons (Fsp3) is 0.333. The Morgan fingerprint density at radius 3 is 2.73 bits per heavy atom. The van der Waals surface area contributed by atoms with Crippen molar-refractivity contribution in [2.45, 2.75) is 26.2 Å². The second-order valence-electron chi connectivity index (χ2n) is 4.93. The predicted octanol–water partition coefficient (Wildman–Crippen LogP) is 2.20. The van der Waals surface area contributed by atoms with E-state index in [0.717, 1.165) is 12.8 Å².